The third-order valence-electron chi connectivity index (χ3n) is 3.10. The lowest BCUT2D eigenvalue weighted by Crippen LogP contribution is -2.48. The van der Waals surface area contributed by atoms with Crippen LogP contribution in [-0.4, -0.2) is 25.8 Å². The summed E-state index contributed by atoms with van der Waals surface area (Å²) >= 11 is 3.57. The zero-order valence-electron chi connectivity index (χ0n) is 10.4. The van der Waals surface area contributed by atoms with Crippen LogP contribution in [-0.2, 0) is 11.2 Å². The number of hydrogen-bond acceptors (Lipinski definition) is 2. The fourth-order valence-corrected chi connectivity index (χ4v) is 2.17. The smallest absolute Gasteiger partial charge is 0.0778 e. The highest BCUT2D eigenvalue weighted by molar-refractivity contribution is 9.10. The summed E-state index contributed by atoms with van der Waals surface area (Å²) < 4.78 is 6.68. The van der Waals surface area contributed by atoms with Crippen LogP contribution in [0, 0.1) is 0 Å². The lowest BCUT2D eigenvalue weighted by Gasteiger charge is -2.33. The topological polar surface area (TPSA) is 21.3 Å². The Hall–Kier alpha value is -0.380. The van der Waals surface area contributed by atoms with Gasteiger partial charge < -0.3 is 10.1 Å². The first-order valence-corrected chi connectivity index (χ1v) is 6.26. The minimum Gasteiger partial charge on any atom is -0.377 e. The molecule has 90 valence electrons. The zero-order chi connectivity index (χ0) is 12.2. The number of ether oxygens (including phenoxy) is 1. The molecule has 0 bridgehead atoms. The third-order valence-corrected chi connectivity index (χ3v) is 3.87. The van der Waals surface area contributed by atoms with Gasteiger partial charge in [-0.3, -0.25) is 0 Å². The molecule has 0 aliphatic heterocycles. The Balaban J connectivity index is 2.82. The van der Waals surface area contributed by atoms with Crippen molar-refractivity contribution in [2.24, 2.45) is 0 Å². The fourth-order valence-electron chi connectivity index (χ4n) is 1.72. The van der Waals surface area contributed by atoms with Crippen molar-refractivity contribution in [1.82, 2.24) is 5.32 Å². The first-order valence-electron chi connectivity index (χ1n) is 5.47. The van der Waals surface area contributed by atoms with E-state index in [0.717, 1.165) is 10.9 Å². The molecule has 0 saturated carbocycles. The van der Waals surface area contributed by atoms with Gasteiger partial charge in [-0.2, -0.15) is 0 Å². The van der Waals surface area contributed by atoms with Gasteiger partial charge in [0, 0.05) is 17.6 Å². The van der Waals surface area contributed by atoms with Crippen LogP contribution in [0.5, 0.6) is 0 Å². The van der Waals surface area contributed by atoms with Crippen LogP contribution in [0.4, 0.5) is 0 Å². The van der Waals surface area contributed by atoms with Crippen LogP contribution in [0.1, 0.15) is 19.4 Å². The average Bonchev–Trinajstić information content (AvgIpc) is 2.27. The third kappa shape index (κ3) is 3.30. The fraction of sp³-hybridized carbons (Fsp3) is 0.538. The SMILES string of the molecule is CNC(Cc1ccccc1Br)C(C)(C)OC. The Morgan fingerprint density at radius 3 is 2.50 bits per heavy atom. The highest BCUT2D eigenvalue weighted by atomic mass is 79.9. The zero-order valence-corrected chi connectivity index (χ0v) is 12.0. The van der Waals surface area contributed by atoms with Crippen molar-refractivity contribution in [2.45, 2.75) is 31.9 Å². The number of hydrogen-bond donors (Lipinski definition) is 1. The summed E-state index contributed by atoms with van der Waals surface area (Å²) in [4.78, 5) is 0. The van der Waals surface area contributed by atoms with Gasteiger partial charge in [0.1, 0.15) is 0 Å². The molecule has 0 fully saturated rings. The molecule has 1 aromatic rings. The lowest BCUT2D eigenvalue weighted by molar-refractivity contribution is -0.00801. The lowest BCUT2D eigenvalue weighted by atomic mass is 9.92. The summed E-state index contributed by atoms with van der Waals surface area (Å²) in [5.74, 6) is 0. The number of methoxy groups -OCH3 is 1. The van der Waals surface area contributed by atoms with Crippen LogP contribution in [0.15, 0.2) is 28.7 Å². The van der Waals surface area contributed by atoms with E-state index >= 15 is 0 Å². The summed E-state index contributed by atoms with van der Waals surface area (Å²) in [6.45, 7) is 4.20. The molecule has 1 atom stereocenters. The van der Waals surface area contributed by atoms with E-state index in [1.807, 2.05) is 13.1 Å². The second kappa shape index (κ2) is 5.80. The van der Waals surface area contributed by atoms with Crippen molar-refractivity contribution in [3.63, 3.8) is 0 Å². The van der Waals surface area contributed by atoms with E-state index in [2.05, 4.69) is 53.3 Å². The standard InChI is InChI=1S/C13H20BrNO/c1-13(2,16-4)12(15-3)9-10-7-5-6-8-11(10)14/h5-8,12,15H,9H2,1-4H3. The average molecular weight is 286 g/mol. The first kappa shape index (κ1) is 13.7. The minimum atomic E-state index is -0.177. The predicted octanol–water partition coefficient (Wildman–Crippen LogP) is 3.00. The van der Waals surface area contributed by atoms with Crippen LogP contribution < -0.4 is 5.32 Å². The number of benzene rings is 1. The molecule has 0 saturated heterocycles. The van der Waals surface area contributed by atoms with Gasteiger partial charge >= 0.3 is 0 Å². The van der Waals surface area contributed by atoms with Gasteiger partial charge in [-0.15, -0.1) is 0 Å². The normalized spacial score (nSPS) is 13.8. The molecule has 1 aromatic carbocycles. The van der Waals surface area contributed by atoms with Crippen LogP contribution in [0.25, 0.3) is 0 Å². The van der Waals surface area contributed by atoms with Gasteiger partial charge in [-0.25, -0.2) is 0 Å². The second-order valence-electron chi connectivity index (χ2n) is 4.44. The van der Waals surface area contributed by atoms with Crippen LogP contribution in [0.3, 0.4) is 0 Å². The Kier molecular flexibility index (Phi) is 4.96. The van der Waals surface area contributed by atoms with Gasteiger partial charge in [0.15, 0.2) is 0 Å². The highest BCUT2D eigenvalue weighted by Crippen LogP contribution is 2.22. The molecule has 1 N–H and O–H groups in total. The van der Waals surface area contributed by atoms with Crippen molar-refractivity contribution < 1.29 is 4.74 Å². The van der Waals surface area contributed by atoms with Crippen molar-refractivity contribution in [3.8, 4) is 0 Å². The van der Waals surface area contributed by atoms with Gasteiger partial charge in [0.05, 0.1) is 5.60 Å². The van der Waals surface area contributed by atoms with E-state index in [-0.39, 0.29) is 11.6 Å². The maximum absolute atomic E-state index is 5.52. The number of rotatable bonds is 5. The monoisotopic (exact) mass is 285 g/mol. The molecule has 0 amide bonds. The second-order valence-corrected chi connectivity index (χ2v) is 5.30. The summed E-state index contributed by atoms with van der Waals surface area (Å²) in [6.07, 6.45) is 0.943. The summed E-state index contributed by atoms with van der Waals surface area (Å²) in [5.41, 5.74) is 1.12. The Morgan fingerprint density at radius 1 is 1.38 bits per heavy atom. The van der Waals surface area contributed by atoms with E-state index in [1.54, 1.807) is 7.11 Å². The number of halogens is 1. The van der Waals surface area contributed by atoms with E-state index in [1.165, 1.54) is 5.56 Å². The maximum Gasteiger partial charge on any atom is 0.0778 e. The molecule has 0 aliphatic rings. The molecule has 16 heavy (non-hydrogen) atoms. The summed E-state index contributed by atoms with van der Waals surface area (Å²) in [5, 5.41) is 3.32. The largest absolute Gasteiger partial charge is 0.377 e. The predicted molar refractivity (Wildman–Crippen MR) is 71.8 cm³/mol. The van der Waals surface area contributed by atoms with E-state index in [9.17, 15) is 0 Å². The van der Waals surface area contributed by atoms with Crippen molar-refractivity contribution in [3.05, 3.63) is 34.3 Å². The molecule has 0 aliphatic carbocycles. The quantitative estimate of drug-likeness (QED) is 0.898. The summed E-state index contributed by atoms with van der Waals surface area (Å²) in [6, 6.07) is 8.59. The van der Waals surface area contributed by atoms with E-state index in [0.29, 0.717) is 0 Å². The minimum absolute atomic E-state index is 0.177. The number of nitrogens with one attached hydrogen (secondary N) is 1. The molecule has 0 aromatic heterocycles. The van der Waals surface area contributed by atoms with Crippen molar-refractivity contribution in [1.29, 1.82) is 0 Å². The van der Waals surface area contributed by atoms with Crippen LogP contribution in [0.2, 0.25) is 0 Å². The molecule has 0 radical (unpaired) electrons. The Bertz CT molecular complexity index is 338. The molecule has 0 spiro atoms. The van der Waals surface area contributed by atoms with Gasteiger partial charge in [-0.05, 0) is 38.9 Å². The van der Waals surface area contributed by atoms with Crippen molar-refractivity contribution in [2.75, 3.05) is 14.2 Å². The Morgan fingerprint density at radius 2 is 2.00 bits per heavy atom. The number of likely N-dealkylation sites (N-methyl/N-ethyl adjacent to an activating group) is 1. The molecule has 1 unspecified atom stereocenters. The van der Waals surface area contributed by atoms with Crippen molar-refractivity contribution >= 4 is 15.9 Å². The summed E-state index contributed by atoms with van der Waals surface area (Å²) in [7, 11) is 3.73. The molecular weight excluding hydrogens is 266 g/mol. The van der Waals surface area contributed by atoms with Gasteiger partial charge in [0.2, 0.25) is 0 Å². The Labute approximate surface area is 107 Å². The molecule has 2 nitrogen and oxygen atoms in total. The van der Waals surface area contributed by atoms with E-state index in [4.69, 9.17) is 4.74 Å². The molecule has 0 heterocycles. The molecule has 3 heteroatoms. The van der Waals surface area contributed by atoms with Crippen LogP contribution >= 0.6 is 15.9 Å². The first-order chi connectivity index (χ1) is 7.51. The van der Waals surface area contributed by atoms with E-state index < -0.39 is 0 Å². The molecular formula is C13H20BrNO. The van der Waals surface area contributed by atoms with Gasteiger partial charge in [-0.1, -0.05) is 34.1 Å². The van der Waals surface area contributed by atoms with Gasteiger partial charge in [0.25, 0.3) is 0 Å². The maximum atomic E-state index is 5.52. The molecule has 1 rings (SSSR count). The highest BCUT2D eigenvalue weighted by Gasteiger charge is 2.28.